The van der Waals surface area contributed by atoms with Gasteiger partial charge in [0, 0.05) is 17.1 Å². The molecule has 0 aromatic heterocycles. The predicted octanol–water partition coefficient (Wildman–Crippen LogP) is 4.53. The number of nitrogens with zero attached hydrogens (tertiary/aromatic N) is 1. The van der Waals surface area contributed by atoms with Crippen LogP contribution >= 0.6 is 11.6 Å². The highest BCUT2D eigenvalue weighted by Gasteiger charge is 2.53. The average Bonchev–Trinajstić information content (AvgIpc) is 3.12. The van der Waals surface area contributed by atoms with Crippen LogP contribution < -0.4 is 4.90 Å². The third-order valence-corrected chi connectivity index (χ3v) is 4.78. The molecule has 0 saturated carbocycles. The lowest BCUT2D eigenvalue weighted by atomic mass is 9.96. The van der Waals surface area contributed by atoms with Gasteiger partial charge in [0.2, 0.25) is 5.60 Å². The Morgan fingerprint density at radius 3 is 2.71 bits per heavy atom. The highest BCUT2D eigenvalue weighted by molar-refractivity contribution is 6.32. The van der Waals surface area contributed by atoms with Crippen LogP contribution in [0.2, 0.25) is 5.02 Å². The van der Waals surface area contributed by atoms with Gasteiger partial charge in [-0.05, 0) is 42.8 Å². The van der Waals surface area contributed by atoms with Gasteiger partial charge >= 0.3 is 0 Å². The van der Waals surface area contributed by atoms with Crippen molar-refractivity contribution in [2.24, 2.45) is 0 Å². The monoisotopic (exact) mass is 337 g/mol. The lowest BCUT2D eigenvalue weighted by molar-refractivity contribution is -0.131. The molecule has 0 radical (unpaired) electrons. The number of amides is 1. The lowest BCUT2D eigenvalue weighted by Crippen LogP contribution is -2.39. The molecule has 2 aliphatic heterocycles. The standard InChI is InChI=1S/C20H16ClNO2/c1-2-22-18-10-6-4-8-16(18)20(19(22)23)12-11-15(24-20)13-14-7-3-5-9-17(14)21/h3-13H,2H2,1H3/b15-13-. The van der Waals surface area contributed by atoms with E-state index in [0.717, 1.165) is 16.8 Å². The second-order valence-corrected chi connectivity index (χ2v) is 6.21. The molecule has 0 aliphatic carbocycles. The minimum absolute atomic E-state index is 0.0509. The Balaban J connectivity index is 1.76. The highest BCUT2D eigenvalue weighted by atomic mass is 35.5. The number of allylic oxidation sites excluding steroid dienone is 1. The number of halogens is 1. The van der Waals surface area contributed by atoms with Crippen LogP contribution in [0.4, 0.5) is 5.69 Å². The maximum Gasteiger partial charge on any atom is 0.280 e. The van der Waals surface area contributed by atoms with E-state index in [-0.39, 0.29) is 5.91 Å². The molecule has 0 bridgehead atoms. The van der Waals surface area contributed by atoms with Crippen LogP contribution in [0.3, 0.4) is 0 Å². The van der Waals surface area contributed by atoms with Crippen molar-refractivity contribution in [3.05, 3.63) is 82.6 Å². The number of rotatable bonds is 2. The molecule has 120 valence electrons. The topological polar surface area (TPSA) is 29.5 Å². The molecule has 0 saturated heterocycles. The van der Waals surface area contributed by atoms with Crippen molar-refractivity contribution in [2.45, 2.75) is 12.5 Å². The Bertz CT molecular complexity index is 887. The summed E-state index contributed by atoms with van der Waals surface area (Å²) in [5.41, 5.74) is 1.60. The second kappa shape index (κ2) is 5.53. The molecule has 2 aromatic rings. The zero-order valence-electron chi connectivity index (χ0n) is 13.2. The van der Waals surface area contributed by atoms with E-state index in [1.165, 1.54) is 0 Å². The summed E-state index contributed by atoms with van der Waals surface area (Å²) >= 11 is 6.21. The van der Waals surface area contributed by atoms with E-state index in [4.69, 9.17) is 16.3 Å². The number of carbonyl (C=O) groups is 1. The number of ether oxygens (including phenoxy) is 1. The molecule has 2 aliphatic rings. The molecule has 1 unspecified atom stereocenters. The van der Waals surface area contributed by atoms with Crippen molar-refractivity contribution in [3.8, 4) is 0 Å². The van der Waals surface area contributed by atoms with Gasteiger partial charge in [-0.25, -0.2) is 0 Å². The number of likely N-dealkylation sites (N-methyl/N-ethyl adjacent to an activating group) is 1. The van der Waals surface area contributed by atoms with E-state index >= 15 is 0 Å². The van der Waals surface area contributed by atoms with E-state index in [2.05, 4.69) is 0 Å². The zero-order chi connectivity index (χ0) is 16.7. The second-order valence-electron chi connectivity index (χ2n) is 5.81. The Kier molecular flexibility index (Phi) is 3.47. The summed E-state index contributed by atoms with van der Waals surface area (Å²) in [7, 11) is 0. The Hall–Kier alpha value is -2.52. The molecule has 0 fully saturated rings. The van der Waals surface area contributed by atoms with Gasteiger partial charge in [0.25, 0.3) is 5.91 Å². The molecular formula is C20H16ClNO2. The fourth-order valence-corrected chi connectivity index (χ4v) is 3.49. The highest BCUT2D eigenvalue weighted by Crippen LogP contribution is 2.47. The van der Waals surface area contributed by atoms with Crippen LogP contribution in [0, 0.1) is 0 Å². The van der Waals surface area contributed by atoms with Crippen molar-refractivity contribution >= 4 is 29.3 Å². The molecule has 2 aromatic carbocycles. The number of fused-ring (bicyclic) bond motifs is 2. The first-order chi connectivity index (χ1) is 11.7. The first-order valence-electron chi connectivity index (χ1n) is 7.91. The number of hydrogen-bond acceptors (Lipinski definition) is 2. The lowest BCUT2D eigenvalue weighted by Gasteiger charge is -2.22. The molecule has 3 nitrogen and oxygen atoms in total. The van der Waals surface area contributed by atoms with E-state index < -0.39 is 5.60 Å². The largest absolute Gasteiger partial charge is 0.468 e. The first kappa shape index (κ1) is 15.0. The first-order valence-corrected chi connectivity index (χ1v) is 8.29. The van der Waals surface area contributed by atoms with Gasteiger partial charge < -0.3 is 9.64 Å². The average molecular weight is 338 g/mol. The van der Waals surface area contributed by atoms with Crippen LogP contribution in [-0.2, 0) is 15.1 Å². The SMILES string of the molecule is CCN1C(=O)C2(C=C/C(=C/c3ccccc3Cl)O2)c2ccccc21. The molecule has 4 heteroatoms. The quantitative estimate of drug-likeness (QED) is 0.805. The minimum atomic E-state index is -1.06. The van der Waals surface area contributed by atoms with Gasteiger partial charge in [-0.1, -0.05) is 48.0 Å². The van der Waals surface area contributed by atoms with E-state index in [1.54, 1.807) is 4.90 Å². The van der Waals surface area contributed by atoms with Crippen molar-refractivity contribution in [3.63, 3.8) is 0 Å². The van der Waals surface area contributed by atoms with Gasteiger partial charge in [0.1, 0.15) is 5.76 Å². The summed E-state index contributed by atoms with van der Waals surface area (Å²) in [5, 5.41) is 0.649. The Morgan fingerprint density at radius 2 is 1.92 bits per heavy atom. The number of carbonyl (C=O) groups excluding carboxylic acids is 1. The van der Waals surface area contributed by atoms with Crippen molar-refractivity contribution in [1.82, 2.24) is 0 Å². The van der Waals surface area contributed by atoms with E-state index in [9.17, 15) is 4.79 Å². The molecular weight excluding hydrogens is 322 g/mol. The number of anilines is 1. The van der Waals surface area contributed by atoms with Gasteiger partial charge in [-0.3, -0.25) is 4.79 Å². The summed E-state index contributed by atoms with van der Waals surface area (Å²) in [6, 6.07) is 15.3. The van der Waals surface area contributed by atoms with E-state index in [0.29, 0.717) is 17.3 Å². The molecule has 24 heavy (non-hydrogen) atoms. The zero-order valence-corrected chi connectivity index (χ0v) is 14.0. The number of benzene rings is 2. The maximum absolute atomic E-state index is 13.0. The molecule has 2 heterocycles. The number of para-hydroxylation sites is 1. The van der Waals surface area contributed by atoms with Gasteiger partial charge in [-0.15, -0.1) is 0 Å². The smallest absolute Gasteiger partial charge is 0.280 e. The van der Waals surface area contributed by atoms with Crippen molar-refractivity contribution < 1.29 is 9.53 Å². The van der Waals surface area contributed by atoms with Crippen molar-refractivity contribution in [2.75, 3.05) is 11.4 Å². The molecule has 0 N–H and O–H groups in total. The van der Waals surface area contributed by atoms with Gasteiger partial charge in [0.05, 0.1) is 5.69 Å². The summed E-state index contributed by atoms with van der Waals surface area (Å²) in [6.07, 6.45) is 5.54. The molecule has 1 atom stereocenters. The van der Waals surface area contributed by atoms with Crippen LogP contribution in [0.1, 0.15) is 18.1 Å². The van der Waals surface area contributed by atoms with E-state index in [1.807, 2.05) is 73.7 Å². The van der Waals surface area contributed by atoms with Gasteiger partial charge in [0.15, 0.2) is 0 Å². The van der Waals surface area contributed by atoms with Crippen LogP contribution in [0.25, 0.3) is 6.08 Å². The van der Waals surface area contributed by atoms with Crippen molar-refractivity contribution in [1.29, 1.82) is 0 Å². The van der Waals surface area contributed by atoms with Gasteiger partial charge in [-0.2, -0.15) is 0 Å². The van der Waals surface area contributed by atoms with Crippen LogP contribution in [0.5, 0.6) is 0 Å². The molecule has 1 spiro atoms. The fourth-order valence-electron chi connectivity index (χ4n) is 3.30. The fraction of sp³-hybridized carbons (Fsp3) is 0.150. The number of hydrogen-bond donors (Lipinski definition) is 0. The van der Waals surface area contributed by atoms with Crippen LogP contribution in [0.15, 0.2) is 66.4 Å². The Morgan fingerprint density at radius 1 is 1.17 bits per heavy atom. The van der Waals surface area contributed by atoms with Crippen LogP contribution in [-0.4, -0.2) is 12.5 Å². The minimum Gasteiger partial charge on any atom is -0.468 e. The molecule has 1 amide bonds. The third-order valence-electron chi connectivity index (χ3n) is 4.44. The summed E-state index contributed by atoms with van der Waals surface area (Å²) in [4.78, 5) is 14.7. The summed E-state index contributed by atoms with van der Waals surface area (Å²) in [6.45, 7) is 2.57. The maximum atomic E-state index is 13.0. The normalized spacial score (nSPS) is 23.2. The third kappa shape index (κ3) is 2.09. The summed E-state index contributed by atoms with van der Waals surface area (Å²) < 4.78 is 6.14. The summed E-state index contributed by atoms with van der Waals surface area (Å²) in [5.74, 6) is 0.578. The molecule has 4 rings (SSSR count). The Labute approximate surface area is 145 Å². The predicted molar refractivity (Wildman–Crippen MR) is 95.8 cm³/mol.